The van der Waals surface area contributed by atoms with Gasteiger partial charge in [0.1, 0.15) is 5.76 Å². The number of carbonyl (C=O) groups excluding carboxylic acids is 1. The van der Waals surface area contributed by atoms with Crippen molar-refractivity contribution in [1.82, 2.24) is 15.6 Å². The minimum absolute atomic E-state index is 0.216. The molecule has 3 aromatic rings. The first-order chi connectivity index (χ1) is 11.8. The van der Waals surface area contributed by atoms with Crippen molar-refractivity contribution >= 4 is 6.03 Å². The van der Waals surface area contributed by atoms with Crippen molar-refractivity contribution in [1.29, 1.82) is 0 Å². The van der Waals surface area contributed by atoms with Crippen LogP contribution in [0.3, 0.4) is 0 Å². The van der Waals surface area contributed by atoms with Gasteiger partial charge in [-0.3, -0.25) is 4.98 Å². The molecule has 0 spiro atoms. The molecular formula is C19H19N3O2. The molecule has 0 saturated carbocycles. The number of carbonyl (C=O) groups is 1. The second-order valence-electron chi connectivity index (χ2n) is 5.35. The molecule has 0 aliphatic heterocycles. The van der Waals surface area contributed by atoms with Gasteiger partial charge in [-0.15, -0.1) is 0 Å². The third kappa shape index (κ3) is 4.23. The number of nitrogens with one attached hydrogen (secondary N) is 2. The minimum Gasteiger partial charge on any atom is -0.469 e. The molecule has 2 aromatic heterocycles. The molecule has 1 aromatic carbocycles. The molecule has 5 heteroatoms. The molecule has 3 rings (SSSR count). The summed E-state index contributed by atoms with van der Waals surface area (Å²) in [6.45, 7) is 0.511. The molecule has 0 bridgehead atoms. The highest BCUT2D eigenvalue weighted by molar-refractivity contribution is 5.75. The Balaban J connectivity index is 1.64. The first kappa shape index (κ1) is 15.8. The minimum atomic E-state index is -0.224. The monoisotopic (exact) mass is 321 g/mol. The fraction of sp³-hybridized carbons (Fsp3) is 0.158. The van der Waals surface area contributed by atoms with Crippen LogP contribution in [0.4, 0.5) is 4.79 Å². The lowest BCUT2D eigenvalue weighted by Gasteiger charge is -2.20. The normalized spacial score (nSPS) is 11.7. The Morgan fingerprint density at radius 2 is 1.75 bits per heavy atom. The summed E-state index contributed by atoms with van der Waals surface area (Å²) in [5.41, 5.74) is 2.00. The van der Waals surface area contributed by atoms with E-state index in [1.807, 2.05) is 54.6 Å². The second kappa shape index (κ2) is 7.97. The predicted molar refractivity (Wildman–Crippen MR) is 91.5 cm³/mol. The van der Waals surface area contributed by atoms with Crippen LogP contribution in [0.5, 0.6) is 0 Å². The van der Waals surface area contributed by atoms with Crippen molar-refractivity contribution in [3.05, 3.63) is 90.1 Å². The summed E-state index contributed by atoms with van der Waals surface area (Å²) in [6, 6.07) is 17.0. The lowest BCUT2D eigenvalue weighted by atomic mass is 10.00. The number of nitrogens with zero attached hydrogens (tertiary/aromatic N) is 1. The molecule has 0 radical (unpaired) electrons. The topological polar surface area (TPSA) is 67.2 Å². The first-order valence-corrected chi connectivity index (χ1v) is 7.84. The Labute approximate surface area is 140 Å². The molecule has 2 amide bonds. The van der Waals surface area contributed by atoms with Crippen LogP contribution >= 0.6 is 0 Å². The maximum absolute atomic E-state index is 12.3. The maximum atomic E-state index is 12.3. The van der Waals surface area contributed by atoms with Gasteiger partial charge in [0.2, 0.25) is 0 Å². The number of amides is 2. The zero-order valence-corrected chi connectivity index (χ0v) is 13.2. The van der Waals surface area contributed by atoms with Crippen molar-refractivity contribution in [2.24, 2.45) is 0 Å². The lowest BCUT2D eigenvalue weighted by molar-refractivity contribution is 0.238. The molecule has 0 saturated heterocycles. The molecule has 24 heavy (non-hydrogen) atoms. The largest absolute Gasteiger partial charge is 0.469 e. The van der Waals surface area contributed by atoms with Gasteiger partial charge in [-0.05, 0) is 35.4 Å². The van der Waals surface area contributed by atoms with Gasteiger partial charge >= 0.3 is 6.03 Å². The molecule has 0 fully saturated rings. The zero-order valence-electron chi connectivity index (χ0n) is 13.2. The molecule has 5 nitrogen and oxygen atoms in total. The zero-order chi connectivity index (χ0) is 16.6. The quantitative estimate of drug-likeness (QED) is 0.732. The van der Waals surface area contributed by atoms with Crippen molar-refractivity contribution in [2.75, 3.05) is 6.54 Å². The van der Waals surface area contributed by atoms with Crippen LogP contribution in [0.25, 0.3) is 0 Å². The molecule has 0 aliphatic rings. The van der Waals surface area contributed by atoms with Crippen molar-refractivity contribution in [3.8, 4) is 0 Å². The maximum Gasteiger partial charge on any atom is 0.315 e. The number of rotatable bonds is 6. The van der Waals surface area contributed by atoms with Gasteiger partial charge in [0.25, 0.3) is 0 Å². The van der Waals surface area contributed by atoms with Gasteiger partial charge in [-0.2, -0.15) is 0 Å². The third-order valence-corrected chi connectivity index (χ3v) is 3.68. The van der Waals surface area contributed by atoms with Crippen molar-refractivity contribution in [2.45, 2.75) is 12.5 Å². The van der Waals surface area contributed by atoms with Gasteiger partial charge in [0, 0.05) is 25.4 Å². The highest BCUT2D eigenvalue weighted by Crippen LogP contribution is 2.21. The summed E-state index contributed by atoms with van der Waals surface area (Å²) in [5, 5.41) is 5.89. The SMILES string of the molecule is O=C(NCCc1ccco1)N[C@@H](c1ccccc1)c1ccncc1. The van der Waals surface area contributed by atoms with E-state index in [-0.39, 0.29) is 12.1 Å². The van der Waals surface area contributed by atoms with Crippen LogP contribution < -0.4 is 10.6 Å². The van der Waals surface area contributed by atoms with E-state index in [2.05, 4.69) is 15.6 Å². The fourth-order valence-corrected chi connectivity index (χ4v) is 2.50. The van der Waals surface area contributed by atoms with Gasteiger partial charge in [-0.25, -0.2) is 4.79 Å². The van der Waals surface area contributed by atoms with E-state index in [0.717, 1.165) is 16.9 Å². The van der Waals surface area contributed by atoms with Crippen LogP contribution in [0.2, 0.25) is 0 Å². The fourth-order valence-electron chi connectivity index (χ4n) is 2.50. The van der Waals surface area contributed by atoms with Crippen LogP contribution in [0.1, 0.15) is 22.9 Å². The second-order valence-corrected chi connectivity index (χ2v) is 5.35. The number of benzene rings is 1. The van der Waals surface area contributed by atoms with E-state index in [9.17, 15) is 4.79 Å². The standard InChI is InChI=1S/C19H19N3O2/c23-19(21-13-10-17-7-4-14-24-17)22-18(15-5-2-1-3-6-15)16-8-11-20-12-9-16/h1-9,11-12,14,18H,10,13H2,(H2,21,22,23)/t18-/m0/s1. The van der Waals surface area contributed by atoms with E-state index in [1.54, 1.807) is 18.7 Å². The van der Waals surface area contributed by atoms with Gasteiger partial charge in [-0.1, -0.05) is 30.3 Å². The Hall–Kier alpha value is -3.08. The molecular weight excluding hydrogens is 302 g/mol. The van der Waals surface area contributed by atoms with Gasteiger partial charge < -0.3 is 15.1 Å². The number of furan rings is 1. The number of pyridine rings is 1. The van der Waals surface area contributed by atoms with Crippen molar-refractivity contribution in [3.63, 3.8) is 0 Å². The summed E-state index contributed by atoms with van der Waals surface area (Å²) in [4.78, 5) is 16.3. The third-order valence-electron chi connectivity index (χ3n) is 3.68. The van der Waals surface area contributed by atoms with Crippen LogP contribution in [-0.4, -0.2) is 17.6 Å². The Bertz CT molecular complexity index is 703. The van der Waals surface area contributed by atoms with Crippen LogP contribution in [0, 0.1) is 0 Å². The lowest BCUT2D eigenvalue weighted by Crippen LogP contribution is -2.39. The number of aromatic nitrogens is 1. The summed E-state index contributed by atoms with van der Waals surface area (Å²) >= 11 is 0. The smallest absolute Gasteiger partial charge is 0.315 e. The summed E-state index contributed by atoms with van der Waals surface area (Å²) in [5.74, 6) is 0.851. The summed E-state index contributed by atoms with van der Waals surface area (Å²) in [7, 11) is 0. The Morgan fingerprint density at radius 3 is 2.46 bits per heavy atom. The Morgan fingerprint density at radius 1 is 1.00 bits per heavy atom. The molecule has 0 unspecified atom stereocenters. The highest BCUT2D eigenvalue weighted by atomic mass is 16.3. The van der Waals surface area contributed by atoms with E-state index < -0.39 is 0 Å². The number of hydrogen-bond donors (Lipinski definition) is 2. The van der Waals surface area contributed by atoms with E-state index in [4.69, 9.17) is 4.42 Å². The first-order valence-electron chi connectivity index (χ1n) is 7.84. The average Bonchev–Trinajstić information content (AvgIpc) is 3.15. The van der Waals surface area contributed by atoms with Gasteiger partial charge in [0.15, 0.2) is 0 Å². The highest BCUT2D eigenvalue weighted by Gasteiger charge is 2.16. The molecule has 1 atom stereocenters. The van der Waals surface area contributed by atoms with Crippen molar-refractivity contribution < 1.29 is 9.21 Å². The molecule has 122 valence electrons. The van der Waals surface area contributed by atoms with Crippen LogP contribution in [-0.2, 0) is 6.42 Å². The average molecular weight is 321 g/mol. The van der Waals surface area contributed by atoms with Gasteiger partial charge in [0.05, 0.1) is 12.3 Å². The summed E-state index contributed by atoms with van der Waals surface area (Å²) in [6.07, 6.45) is 5.74. The number of urea groups is 1. The predicted octanol–water partition coefficient (Wildman–Crippen LogP) is 3.31. The molecule has 0 aliphatic carbocycles. The van der Waals surface area contributed by atoms with E-state index >= 15 is 0 Å². The Kier molecular flexibility index (Phi) is 5.24. The number of hydrogen-bond acceptors (Lipinski definition) is 3. The van der Waals surface area contributed by atoms with E-state index in [0.29, 0.717) is 13.0 Å². The molecule has 2 heterocycles. The van der Waals surface area contributed by atoms with E-state index in [1.165, 1.54) is 0 Å². The molecule has 2 N–H and O–H groups in total. The summed E-state index contributed by atoms with van der Waals surface area (Å²) < 4.78 is 5.26. The van der Waals surface area contributed by atoms with Crippen LogP contribution in [0.15, 0.2) is 77.7 Å².